The summed E-state index contributed by atoms with van der Waals surface area (Å²) >= 11 is 6.37. The first-order valence-electron chi connectivity index (χ1n) is 8.26. The van der Waals surface area contributed by atoms with E-state index in [1.165, 1.54) is 0 Å². The van der Waals surface area contributed by atoms with Crippen LogP contribution in [-0.4, -0.2) is 0 Å². The van der Waals surface area contributed by atoms with Gasteiger partial charge in [0.15, 0.2) is 5.76 Å². The van der Waals surface area contributed by atoms with Crippen molar-refractivity contribution in [3.05, 3.63) is 71.1 Å². The van der Waals surface area contributed by atoms with Crippen molar-refractivity contribution in [2.75, 3.05) is 0 Å². The molecule has 0 amide bonds. The van der Waals surface area contributed by atoms with Crippen molar-refractivity contribution in [2.45, 2.75) is 6.92 Å². The highest BCUT2D eigenvalue weighted by Crippen LogP contribution is 2.39. The summed E-state index contributed by atoms with van der Waals surface area (Å²) in [6.07, 6.45) is 0. The van der Waals surface area contributed by atoms with Crippen molar-refractivity contribution in [1.82, 2.24) is 0 Å². The van der Waals surface area contributed by atoms with Gasteiger partial charge < -0.3 is 4.42 Å². The summed E-state index contributed by atoms with van der Waals surface area (Å²) in [5, 5.41) is 0.364. The molecule has 0 radical (unpaired) electrons. The zero-order valence-corrected chi connectivity index (χ0v) is 10.9. The third-order valence-electron chi connectivity index (χ3n) is 2.84. The average Bonchev–Trinajstić information content (AvgIpc) is 2.88. The lowest BCUT2D eigenvalue weighted by atomic mass is 10.1. The fraction of sp³-hybridized carbons (Fsp3) is 0.0588. The zero-order valence-electron chi connectivity index (χ0n) is 15.2. The Kier molecular flexibility index (Phi) is 1.97. The third-order valence-corrected chi connectivity index (χ3v) is 3.29. The molecule has 94 valence electrons. The Labute approximate surface area is 124 Å². The molecule has 0 aliphatic carbocycles. The van der Waals surface area contributed by atoms with Crippen molar-refractivity contribution >= 4 is 11.6 Å². The monoisotopic (exact) mass is 273 g/mol. The lowest BCUT2D eigenvalue weighted by Gasteiger charge is -1.98. The summed E-state index contributed by atoms with van der Waals surface area (Å²) in [7, 11) is 0. The van der Waals surface area contributed by atoms with Gasteiger partial charge in [0.05, 0.1) is 11.9 Å². The van der Waals surface area contributed by atoms with Crippen molar-refractivity contribution in [1.29, 1.82) is 0 Å². The first-order valence-corrected chi connectivity index (χ1v) is 6.14. The largest absolute Gasteiger partial charge is 0.454 e. The van der Waals surface area contributed by atoms with Crippen LogP contribution in [0.15, 0.2) is 65.0 Å². The predicted molar refractivity (Wildman–Crippen MR) is 79.3 cm³/mol. The van der Waals surface area contributed by atoms with Crippen molar-refractivity contribution in [2.24, 2.45) is 0 Å². The van der Waals surface area contributed by atoms with Gasteiger partial charge in [-0.3, -0.25) is 0 Å². The van der Waals surface area contributed by atoms with E-state index < -0.39 is 18.1 Å². The van der Waals surface area contributed by atoms with Crippen LogP contribution in [0.4, 0.5) is 0 Å². The molecule has 0 bridgehead atoms. The van der Waals surface area contributed by atoms with Gasteiger partial charge in [0, 0.05) is 16.7 Å². The summed E-state index contributed by atoms with van der Waals surface area (Å²) in [5.74, 6) is 0.604. The average molecular weight is 274 g/mol. The van der Waals surface area contributed by atoms with Crippen LogP contribution in [0.25, 0.3) is 22.6 Å². The van der Waals surface area contributed by atoms with E-state index in [0.29, 0.717) is 16.3 Å². The molecule has 1 nitrogen and oxygen atoms in total. The topological polar surface area (TPSA) is 13.1 Å². The second-order valence-electron chi connectivity index (χ2n) is 4.07. The quantitative estimate of drug-likeness (QED) is 0.594. The van der Waals surface area contributed by atoms with Crippen LogP contribution in [0.2, 0.25) is 5.02 Å². The summed E-state index contributed by atoms with van der Waals surface area (Å²) in [4.78, 5) is 0. The molecule has 2 heteroatoms. The molecule has 3 aromatic rings. The van der Waals surface area contributed by atoms with Gasteiger partial charge >= 0.3 is 0 Å². The van der Waals surface area contributed by atoms with Crippen LogP contribution in [0, 0.1) is 6.92 Å². The maximum absolute atomic E-state index is 8.08. The maximum atomic E-state index is 8.08. The molecule has 0 N–H and O–H groups in total. The number of halogens is 1. The maximum Gasteiger partial charge on any atom is 0.153 e. The van der Waals surface area contributed by atoms with E-state index in [1.54, 1.807) is 6.92 Å². The van der Waals surface area contributed by atoms with E-state index in [2.05, 4.69) is 0 Å². The molecule has 0 atom stereocenters. The molecule has 0 aliphatic rings. The Balaban J connectivity index is 2.30. The SMILES string of the molecule is [2H]c1c([2H])c([2H])c(-c2oc(-c3ccccc3)c(Cl)c2C)c([2H])c1[2H]. The van der Waals surface area contributed by atoms with Crippen LogP contribution < -0.4 is 0 Å². The molecule has 2 aromatic carbocycles. The number of furan rings is 1. The Bertz CT molecular complexity index is 905. The summed E-state index contributed by atoms with van der Waals surface area (Å²) in [5.41, 5.74) is 1.31. The molecule has 19 heavy (non-hydrogen) atoms. The van der Waals surface area contributed by atoms with Crippen molar-refractivity contribution in [3.8, 4) is 22.6 Å². The molecule has 0 aliphatic heterocycles. The number of hydrogen-bond acceptors (Lipinski definition) is 1. The molecular formula is C17H13ClO. The molecule has 0 saturated heterocycles. The zero-order chi connectivity index (χ0) is 17.6. The van der Waals surface area contributed by atoms with Gasteiger partial charge in [-0.2, -0.15) is 0 Å². The number of hydrogen-bond donors (Lipinski definition) is 0. The van der Waals surface area contributed by atoms with Gasteiger partial charge in [-0.1, -0.05) is 72.1 Å². The molecular weight excluding hydrogens is 256 g/mol. The van der Waals surface area contributed by atoms with Crippen LogP contribution in [0.1, 0.15) is 12.4 Å². The predicted octanol–water partition coefficient (Wildman–Crippen LogP) is 5.58. The van der Waals surface area contributed by atoms with Crippen LogP contribution in [0.5, 0.6) is 0 Å². The fourth-order valence-electron chi connectivity index (χ4n) is 1.87. The lowest BCUT2D eigenvalue weighted by Crippen LogP contribution is -1.75. The molecule has 0 spiro atoms. The highest BCUT2D eigenvalue weighted by Gasteiger charge is 2.17. The summed E-state index contributed by atoms with van der Waals surface area (Å²) in [6, 6.07) is 7.34. The van der Waals surface area contributed by atoms with E-state index in [0.717, 1.165) is 5.56 Å². The van der Waals surface area contributed by atoms with E-state index in [4.69, 9.17) is 22.9 Å². The van der Waals surface area contributed by atoms with Gasteiger partial charge in [0.1, 0.15) is 5.76 Å². The molecule has 0 fully saturated rings. The Hall–Kier alpha value is -1.99. The van der Waals surface area contributed by atoms with Gasteiger partial charge in [-0.05, 0) is 6.92 Å². The number of benzene rings is 2. The minimum absolute atomic E-state index is 0.0163. The molecule has 1 aromatic heterocycles. The summed E-state index contributed by atoms with van der Waals surface area (Å²) in [6.45, 7) is 1.70. The van der Waals surface area contributed by atoms with Crippen LogP contribution in [-0.2, 0) is 0 Å². The molecule has 1 heterocycles. The third kappa shape index (κ3) is 2.18. The summed E-state index contributed by atoms with van der Waals surface area (Å²) < 4.78 is 45.3. The molecule has 0 saturated carbocycles. The second kappa shape index (κ2) is 4.94. The second-order valence-corrected chi connectivity index (χ2v) is 4.44. The Morgan fingerprint density at radius 1 is 0.947 bits per heavy atom. The first kappa shape index (κ1) is 7.56. The highest BCUT2D eigenvalue weighted by atomic mass is 35.5. The van der Waals surface area contributed by atoms with E-state index in [9.17, 15) is 0 Å². The lowest BCUT2D eigenvalue weighted by molar-refractivity contribution is 0.596. The van der Waals surface area contributed by atoms with E-state index in [-0.39, 0.29) is 23.4 Å². The van der Waals surface area contributed by atoms with Crippen molar-refractivity contribution in [3.63, 3.8) is 0 Å². The van der Waals surface area contributed by atoms with Crippen molar-refractivity contribution < 1.29 is 11.3 Å². The fourth-order valence-corrected chi connectivity index (χ4v) is 2.10. The Morgan fingerprint density at radius 2 is 1.63 bits per heavy atom. The minimum atomic E-state index is -0.438. The van der Waals surface area contributed by atoms with Gasteiger partial charge in [0.2, 0.25) is 0 Å². The smallest absolute Gasteiger partial charge is 0.153 e. The minimum Gasteiger partial charge on any atom is -0.454 e. The molecule has 0 unspecified atom stereocenters. The van der Waals surface area contributed by atoms with Gasteiger partial charge in [0.25, 0.3) is 0 Å². The normalized spacial score (nSPS) is 14.3. The first-order chi connectivity index (χ1) is 11.3. The van der Waals surface area contributed by atoms with Crippen LogP contribution >= 0.6 is 11.6 Å². The van der Waals surface area contributed by atoms with Gasteiger partial charge in [-0.25, -0.2) is 0 Å². The van der Waals surface area contributed by atoms with E-state index in [1.807, 2.05) is 30.3 Å². The Morgan fingerprint density at radius 3 is 2.32 bits per heavy atom. The van der Waals surface area contributed by atoms with E-state index >= 15 is 0 Å². The number of rotatable bonds is 2. The highest BCUT2D eigenvalue weighted by molar-refractivity contribution is 6.34. The van der Waals surface area contributed by atoms with Gasteiger partial charge in [-0.15, -0.1) is 0 Å². The standard InChI is InChI=1S/C17H13ClO/c1-12-15(18)17(14-10-6-3-7-11-14)19-16(12)13-8-4-2-5-9-13/h2-11H,1H3/i2D,4D,5D,8D,9D. The molecule has 3 rings (SSSR count). The van der Waals surface area contributed by atoms with Crippen LogP contribution in [0.3, 0.4) is 0 Å².